The number of hydrogen-bond donors (Lipinski definition) is 0. The quantitative estimate of drug-likeness (QED) is 0.471. The Kier molecular flexibility index (Phi) is 6.97. The number of rotatable bonds is 4. The third kappa shape index (κ3) is 4.71. The van der Waals surface area contributed by atoms with E-state index < -0.39 is 0 Å². The van der Waals surface area contributed by atoms with E-state index in [0.717, 1.165) is 0 Å². The lowest BCUT2D eigenvalue weighted by Crippen LogP contribution is -1.76. The van der Waals surface area contributed by atoms with Crippen LogP contribution in [0.1, 0.15) is 25.0 Å². The number of benzene rings is 1. The van der Waals surface area contributed by atoms with Crippen molar-refractivity contribution in [3.05, 3.63) is 62.2 Å². The molecule has 0 aliphatic carbocycles. The van der Waals surface area contributed by atoms with Crippen LogP contribution in [0.3, 0.4) is 0 Å². The molecule has 2 heterocycles. The number of thioether (sulfide) groups is 6. The minimum absolute atomic E-state index is 1.27. The maximum Gasteiger partial charge on any atom is 0.0548 e. The SMILES string of the molecule is CSC1=C(C)S/C(=C\c2ccc(/C=C3\SC(C)=C(SC)S3)cc2)S1. The van der Waals surface area contributed by atoms with Crippen LogP contribution in [0.5, 0.6) is 0 Å². The van der Waals surface area contributed by atoms with Crippen LogP contribution in [0, 0.1) is 0 Å². The number of hydrogen-bond acceptors (Lipinski definition) is 6. The van der Waals surface area contributed by atoms with Crippen LogP contribution >= 0.6 is 70.6 Å². The van der Waals surface area contributed by atoms with E-state index >= 15 is 0 Å². The molecule has 1 aromatic rings. The van der Waals surface area contributed by atoms with Gasteiger partial charge >= 0.3 is 0 Å². The van der Waals surface area contributed by atoms with Gasteiger partial charge in [-0.2, -0.15) is 0 Å². The smallest absolute Gasteiger partial charge is 0.0548 e. The van der Waals surface area contributed by atoms with Gasteiger partial charge in [-0.15, -0.1) is 23.5 Å². The fraction of sp³-hybridized carbons (Fsp3) is 0.222. The standard InChI is InChI=1S/C18H18S6/c1-11-17(19-3)23-15(21-11)9-13-5-7-14(8-6-13)10-16-22-12(2)18(20-4)24-16/h5-10H,1-4H3/b15-9+,16-10+. The summed E-state index contributed by atoms with van der Waals surface area (Å²) in [7, 11) is 0. The van der Waals surface area contributed by atoms with E-state index in [9.17, 15) is 0 Å². The van der Waals surface area contributed by atoms with Crippen LogP contribution < -0.4 is 0 Å². The molecule has 3 rings (SSSR count). The first kappa shape index (κ1) is 19.1. The Bertz CT molecular complexity index is 687. The zero-order chi connectivity index (χ0) is 17.1. The molecule has 0 unspecified atom stereocenters. The van der Waals surface area contributed by atoms with E-state index in [1.54, 1.807) is 0 Å². The van der Waals surface area contributed by atoms with Gasteiger partial charge in [-0.1, -0.05) is 71.3 Å². The molecule has 0 N–H and O–H groups in total. The van der Waals surface area contributed by atoms with Crippen LogP contribution in [0.25, 0.3) is 12.2 Å². The lowest BCUT2D eigenvalue weighted by atomic mass is 10.1. The minimum atomic E-state index is 1.27. The molecule has 0 saturated carbocycles. The first-order chi connectivity index (χ1) is 11.6. The monoisotopic (exact) mass is 426 g/mol. The van der Waals surface area contributed by atoms with Gasteiger partial charge in [-0.3, -0.25) is 0 Å². The lowest BCUT2D eigenvalue weighted by Gasteiger charge is -2.01. The normalized spacial score (nSPS) is 21.7. The minimum Gasteiger partial charge on any atom is -0.122 e. The average molecular weight is 427 g/mol. The Morgan fingerprint density at radius 2 is 1.04 bits per heavy atom. The van der Waals surface area contributed by atoms with Crippen molar-refractivity contribution in [2.75, 3.05) is 12.5 Å². The van der Waals surface area contributed by atoms with E-state index in [1.807, 2.05) is 70.6 Å². The van der Waals surface area contributed by atoms with Crippen LogP contribution in [0.2, 0.25) is 0 Å². The first-order valence-electron chi connectivity index (χ1n) is 7.33. The molecule has 0 radical (unpaired) electrons. The van der Waals surface area contributed by atoms with Crippen molar-refractivity contribution in [3.8, 4) is 0 Å². The Labute approximate surface area is 170 Å². The van der Waals surface area contributed by atoms with E-state index in [4.69, 9.17) is 0 Å². The lowest BCUT2D eigenvalue weighted by molar-refractivity contribution is 1.62. The highest BCUT2D eigenvalue weighted by Gasteiger charge is 2.18. The highest BCUT2D eigenvalue weighted by Crippen LogP contribution is 2.54. The van der Waals surface area contributed by atoms with Crippen LogP contribution in [0.15, 0.2) is 51.0 Å². The largest absolute Gasteiger partial charge is 0.122 e. The van der Waals surface area contributed by atoms with Gasteiger partial charge in [0.2, 0.25) is 0 Å². The van der Waals surface area contributed by atoms with Gasteiger partial charge in [0.25, 0.3) is 0 Å². The molecule has 0 atom stereocenters. The fourth-order valence-electron chi connectivity index (χ4n) is 2.20. The predicted molar refractivity (Wildman–Crippen MR) is 125 cm³/mol. The van der Waals surface area contributed by atoms with Gasteiger partial charge in [0, 0.05) is 9.81 Å². The molecule has 6 heteroatoms. The summed E-state index contributed by atoms with van der Waals surface area (Å²) in [4.78, 5) is 2.84. The Hall–Kier alpha value is 0.280. The molecule has 0 saturated heterocycles. The van der Waals surface area contributed by atoms with Crippen LogP contribution in [-0.2, 0) is 0 Å². The molecule has 126 valence electrons. The second kappa shape index (κ2) is 8.78. The van der Waals surface area contributed by atoms with Gasteiger partial charge < -0.3 is 0 Å². The van der Waals surface area contributed by atoms with E-state index in [2.05, 4.69) is 62.8 Å². The second-order valence-corrected chi connectivity index (χ2v) is 12.4. The molecule has 0 nitrogen and oxygen atoms in total. The summed E-state index contributed by atoms with van der Waals surface area (Å²) >= 11 is 11.2. The van der Waals surface area contributed by atoms with Gasteiger partial charge in [-0.05, 0) is 49.6 Å². The topological polar surface area (TPSA) is 0 Å². The molecule has 0 aromatic heterocycles. The summed E-state index contributed by atoms with van der Waals surface area (Å²) in [6.45, 7) is 4.41. The summed E-state index contributed by atoms with van der Waals surface area (Å²) in [5.74, 6) is 0. The highest BCUT2D eigenvalue weighted by atomic mass is 32.2. The third-order valence-corrected chi connectivity index (χ3v) is 11.0. The molecule has 24 heavy (non-hydrogen) atoms. The number of allylic oxidation sites excluding steroid dienone is 2. The van der Waals surface area contributed by atoms with Crippen molar-refractivity contribution in [2.45, 2.75) is 13.8 Å². The molecule has 2 aliphatic heterocycles. The predicted octanol–water partition coefficient (Wildman–Crippen LogP) is 8.35. The molecular formula is C18H18S6. The third-order valence-electron chi connectivity index (χ3n) is 3.35. The summed E-state index contributed by atoms with van der Waals surface area (Å²) in [5, 5.41) is 0. The molecule has 1 aromatic carbocycles. The molecule has 2 aliphatic rings. The van der Waals surface area contributed by atoms with Crippen molar-refractivity contribution < 1.29 is 0 Å². The van der Waals surface area contributed by atoms with Gasteiger partial charge in [0.05, 0.1) is 16.9 Å². The van der Waals surface area contributed by atoms with Crippen molar-refractivity contribution >= 4 is 82.7 Å². The van der Waals surface area contributed by atoms with Gasteiger partial charge in [0.1, 0.15) is 0 Å². The Balaban J connectivity index is 1.67. The molecular weight excluding hydrogens is 409 g/mol. The zero-order valence-corrected chi connectivity index (χ0v) is 18.8. The summed E-state index contributed by atoms with van der Waals surface area (Å²) < 4.78 is 5.59. The van der Waals surface area contributed by atoms with Crippen molar-refractivity contribution in [3.63, 3.8) is 0 Å². The maximum atomic E-state index is 2.29. The Morgan fingerprint density at radius 1 is 0.667 bits per heavy atom. The van der Waals surface area contributed by atoms with Crippen LogP contribution in [0.4, 0.5) is 0 Å². The molecule has 0 amide bonds. The highest BCUT2D eigenvalue weighted by molar-refractivity contribution is 8.36. The van der Waals surface area contributed by atoms with Crippen molar-refractivity contribution in [1.29, 1.82) is 0 Å². The van der Waals surface area contributed by atoms with E-state index in [1.165, 1.54) is 37.9 Å². The van der Waals surface area contributed by atoms with E-state index in [0.29, 0.717) is 0 Å². The van der Waals surface area contributed by atoms with Crippen LogP contribution in [-0.4, -0.2) is 12.5 Å². The average Bonchev–Trinajstić information content (AvgIpc) is 3.11. The summed E-state index contributed by atoms with van der Waals surface area (Å²) in [5.41, 5.74) is 2.54. The van der Waals surface area contributed by atoms with E-state index in [-0.39, 0.29) is 0 Å². The van der Waals surface area contributed by atoms with Gasteiger partial charge in [-0.25, -0.2) is 0 Å². The Morgan fingerprint density at radius 3 is 1.33 bits per heavy atom. The molecule has 0 spiro atoms. The summed E-state index contributed by atoms with van der Waals surface area (Å²) in [6.07, 6.45) is 8.87. The zero-order valence-electron chi connectivity index (χ0n) is 13.9. The molecule has 0 fully saturated rings. The first-order valence-corrected chi connectivity index (χ1v) is 13.0. The van der Waals surface area contributed by atoms with Crippen molar-refractivity contribution in [1.82, 2.24) is 0 Å². The summed E-state index contributed by atoms with van der Waals surface area (Å²) in [6, 6.07) is 8.86. The fourth-order valence-corrected chi connectivity index (χ4v) is 9.34. The second-order valence-electron chi connectivity index (χ2n) is 5.10. The molecule has 0 bridgehead atoms. The van der Waals surface area contributed by atoms with Crippen molar-refractivity contribution in [2.24, 2.45) is 0 Å². The van der Waals surface area contributed by atoms with Gasteiger partial charge in [0.15, 0.2) is 0 Å². The maximum absolute atomic E-state index is 2.29.